The zero-order chi connectivity index (χ0) is 48.4. The number of hydrogen-bond donors (Lipinski definition) is 0. The molecule has 9 heteroatoms. The van der Waals surface area contributed by atoms with Crippen LogP contribution in [0.25, 0.3) is 0 Å². The Kier molecular flexibility index (Phi) is 45.8. The Morgan fingerprint density at radius 1 is 0.470 bits per heavy atom. The number of nitrogens with zero attached hydrogens (tertiary/aromatic N) is 1. The number of carboxylic acid groups (broad SMARTS) is 1. The van der Waals surface area contributed by atoms with Crippen molar-refractivity contribution in [1.29, 1.82) is 0 Å². The fourth-order valence-corrected chi connectivity index (χ4v) is 7.13. The highest BCUT2D eigenvalue weighted by Gasteiger charge is 2.22. The minimum atomic E-state index is -1.62. The van der Waals surface area contributed by atoms with Crippen molar-refractivity contribution < 1.29 is 42.9 Å². The van der Waals surface area contributed by atoms with Crippen molar-refractivity contribution in [2.24, 2.45) is 0 Å². The number of ether oxygens (including phenoxy) is 4. The van der Waals surface area contributed by atoms with E-state index in [1.165, 1.54) is 103 Å². The predicted octanol–water partition coefficient (Wildman–Crippen LogP) is 13.7. The molecule has 0 spiro atoms. The summed E-state index contributed by atoms with van der Waals surface area (Å²) in [5.41, 5.74) is 0. The summed E-state index contributed by atoms with van der Waals surface area (Å²) in [6.07, 6.45) is 58.1. The first-order valence-electron chi connectivity index (χ1n) is 26.6. The molecule has 0 heterocycles. The van der Waals surface area contributed by atoms with Crippen LogP contribution in [-0.4, -0.2) is 82.3 Å². The Morgan fingerprint density at radius 3 is 1.29 bits per heavy atom. The maximum Gasteiger partial charge on any atom is 0.306 e. The van der Waals surface area contributed by atoms with Crippen molar-refractivity contribution in [3.05, 3.63) is 72.9 Å². The summed E-state index contributed by atoms with van der Waals surface area (Å²) < 4.78 is 22.6. The normalized spacial score (nSPS) is 13.4. The summed E-state index contributed by atoms with van der Waals surface area (Å²) in [6.45, 7) is 4.61. The molecule has 0 radical (unpaired) electrons. The van der Waals surface area contributed by atoms with Gasteiger partial charge in [0.25, 0.3) is 0 Å². The van der Waals surface area contributed by atoms with Gasteiger partial charge in [-0.3, -0.25) is 9.59 Å². The van der Waals surface area contributed by atoms with E-state index in [9.17, 15) is 19.5 Å². The molecule has 0 saturated heterocycles. The van der Waals surface area contributed by atoms with E-state index in [0.29, 0.717) is 23.9 Å². The maximum absolute atomic E-state index is 12.8. The number of allylic oxidation sites excluding steroid dienone is 12. The Bertz CT molecular complexity index is 1310. The van der Waals surface area contributed by atoms with Gasteiger partial charge in [0.1, 0.15) is 13.2 Å². The molecule has 0 aromatic carbocycles. The van der Waals surface area contributed by atoms with Crippen LogP contribution in [-0.2, 0) is 33.3 Å². The van der Waals surface area contributed by atoms with Gasteiger partial charge in [-0.1, -0.05) is 209 Å². The molecular weight excluding hydrogens is 827 g/mol. The number of unbranched alkanes of at least 4 members (excludes halogenated alkanes) is 21. The number of quaternary nitrogens is 1. The lowest BCUT2D eigenvalue weighted by molar-refractivity contribution is -0.870. The molecule has 0 saturated carbocycles. The van der Waals surface area contributed by atoms with Crippen molar-refractivity contribution in [3.8, 4) is 0 Å². The van der Waals surface area contributed by atoms with Gasteiger partial charge in [-0.05, 0) is 64.2 Å². The summed E-state index contributed by atoms with van der Waals surface area (Å²) in [5.74, 6) is -2.29. The third-order valence-corrected chi connectivity index (χ3v) is 11.2. The number of likely N-dealkylation sites (N-methyl/N-ethyl adjacent to an activating group) is 1. The summed E-state index contributed by atoms with van der Waals surface area (Å²) in [6, 6.07) is 0. The second-order valence-corrected chi connectivity index (χ2v) is 18.8. The molecule has 380 valence electrons. The fraction of sp³-hybridized carbons (Fsp3) is 0.737. The van der Waals surface area contributed by atoms with Crippen LogP contribution in [0.2, 0.25) is 0 Å². The third-order valence-electron chi connectivity index (χ3n) is 11.2. The Balaban J connectivity index is 4.15. The van der Waals surface area contributed by atoms with Crippen molar-refractivity contribution in [2.45, 2.75) is 225 Å². The number of carbonyl (C=O) groups is 3. The molecule has 0 aliphatic carbocycles. The number of rotatable bonds is 48. The Hall–Kier alpha value is -3.27. The fourth-order valence-electron chi connectivity index (χ4n) is 7.13. The molecule has 0 aromatic rings. The van der Waals surface area contributed by atoms with Crippen molar-refractivity contribution in [3.63, 3.8) is 0 Å². The van der Waals surface area contributed by atoms with Gasteiger partial charge >= 0.3 is 11.9 Å². The second kappa shape index (κ2) is 48.2. The van der Waals surface area contributed by atoms with Crippen molar-refractivity contribution in [1.82, 2.24) is 0 Å². The van der Waals surface area contributed by atoms with Crippen molar-refractivity contribution >= 4 is 17.9 Å². The van der Waals surface area contributed by atoms with E-state index < -0.39 is 24.3 Å². The van der Waals surface area contributed by atoms with Gasteiger partial charge in [0, 0.05) is 12.8 Å². The summed E-state index contributed by atoms with van der Waals surface area (Å²) >= 11 is 0. The zero-order valence-corrected chi connectivity index (χ0v) is 43.0. The lowest BCUT2D eigenvalue weighted by atomic mass is 10.0. The summed E-state index contributed by atoms with van der Waals surface area (Å²) in [4.78, 5) is 37.0. The minimum Gasteiger partial charge on any atom is -0.545 e. The van der Waals surface area contributed by atoms with Crippen LogP contribution < -0.4 is 5.11 Å². The number of carboxylic acids is 1. The second-order valence-electron chi connectivity index (χ2n) is 18.8. The van der Waals surface area contributed by atoms with Gasteiger partial charge in [-0.25, -0.2) is 0 Å². The quantitative estimate of drug-likeness (QED) is 0.0195. The molecule has 0 aliphatic heterocycles. The lowest BCUT2D eigenvalue weighted by Gasteiger charge is -2.26. The van der Waals surface area contributed by atoms with Crippen LogP contribution in [0.15, 0.2) is 72.9 Å². The zero-order valence-electron chi connectivity index (χ0n) is 43.0. The molecule has 0 fully saturated rings. The first-order chi connectivity index (χ1) is 32.1. The Labute approximate surface area is 405 Å². The van der Waals surface area contributed by atoms with Crippen LogP contribution in [0.1, 0.15) is 213 Å². The molecule has 2 unspecified atom stereocenters. The molecule has 0 N–H and O–H groups in total. The highest BCUT2D eigenvalue weighted by atomic mass is 16.7. The molecule has 0 amide bonds. The van der Waals surface area contributed by atoms with Crippen LogP contribution in [0.3, 0.4) is 0 Å². The lowest BCUT2D eigenvalue weighted by Crippen LogP contribution is -2.44. The van der Waals surface area contributed by atoms with E-state index in [1.54, 1.807) is 0 Å². The van der Waals surface area contributed by atoms with Gasteiger partial charge < -0.3 is 33.3 Å². The monoisotopic (exact) mass is 926 g/mol. The molecule has 0 aromatic heterocycles. The van der Waals surface area contributed by atoms with Gasteiger partial charge in [0.2, 0.25) is 0 Å². The molecule has 0 rings (SSSR count). The van der Waals surface area contributed by atoms with Crippen LogP contribution in [0.4, 0.5) is 0 Å². The first-order valence-corrected chi connectivity index (χ1v) is 26.6. The van der Waals surface area contributed by atoms with Gasteiger partial charge in [0.05, 0.1) is 40.3 Å². The summed E-state index contributed by atoms with van der Waals surface area (Å²) in [5, 5.41) is 11.7. The number of aliphatic carboxylic acids is 1. The Morgan fingerprint density at radius 2 is 0.864 bits per heavy atom. The molecule has 2 atom stereocenters. The van der Waals surface area contributed by atoms with E-state index in [4.69, 9.17) is 18.9 Å². The van der Waals surface area contributed by atoms with Gasteiger partial charge in [-0.15, -0.1) is 0 Å². The SMILES string of the molecule is CC/C=C\C/C=C\C/C=C\C/C=C\C/C=C\C/C=C\CCCCCCCCCCCCCCC(=O)OC(COC(=O)CCCCCCCCCCCC)COC(OCC[N+](C)(C)C)C(=O)[O-]. The number of carbonyl (C=O) groups excluding carboxylic acids is 3. The third kappa shape index (κ3) is 48.7. The van der Waals surface area contributed by atoms with E-state index >= 15 is 0 Å². The molecule has 66 heavy (non-hydrogen) atoms. The predicted molar refractivity (Wildman–Crippen MR) is 274 cm³/mol. The maximum atomic E-state index is 12.8. The van der Waals surface area contributed by atoms with Crippen LogP contribution in [0.5, 0.6) is 0 Å². The largest absolute Gasteiger partial charge is 0.545 e. The molecular formula is C57H99NO8. The number of hydrogen-bond acceptors (Lipinski definition) is 8. The van der Waals surface area contributed by atoms with E-state index in [0.717, 1.165) is 77.0 Å². The highest BCUT2D eigenvalue weighted by Crippen LogP contribution is 2.15. The van der Waals surface area contributed by atoms with E-state index in [2.05, 4.69) is 86.8 Å². The minimum absolute atomic E-state index is 0.146. The average Bonchev–Trinajstić information content (AvgIpc) is 3.28. The molecule has 0 aliphatic rings. The van der Waals surface area contributed by atoms with E-state index in [-0.39, 0.29) is 32.2 Å². The topological polar surface area (TPSA) is 111 Å². The summed E-state index contributed by atoms with van der Waals surface area (Å²) in [7, 11) is 5.91. The molecule has 0 bridgehead atoms. The highest BCUT2D eigenvalue weighted by molar-refractivity contribution is 5.70. The average molecular weight is 926 g/mol. The van der Waals surface area contributed by atoms with Gasteiger partial charge in [0.15, 0.2) is 12.4 Å². The van der Waals surface area contributed by atoms with Crippen LogP contribution >= 0.6 is 0 Å². The molecule has 9 nitrogen and oxygen atoms in total. The number of esters is 2. The van der Waals surface area contributed by atoms with E-state index in [1.807, 2.05) is 21.1 Å². The standard InChI is InChI=1S/C57H99NO8/c1-6-8-10-12-14-16-18-19-20-21-22-23-24-25-26-27-28-29-30-31-32-33-34-35-36-37-38-40-42-44-46-48-55(60)66-53(52-65-57(56(61)62)63-50-49-58(3,4)5)51-64-54(59)47-45-43-41-39-17-15-13-11-9-7-2/h8,10,14,16,19-20,22-23,25-26,28-29,53,57H,6-7,9,11-13,15,17-18,21,24,27,30-52H2,1-5H3/b10-8-,16-14-,20-19-,23-22-,26-25-,29-28-. The van der Waals surface area contributed by atoms with Crippen molar-refractivity contribution in [2.75, 3.05) is 47.5 Å². The van der Waals surface area contributed by atoms with Crippen LogP contribution in [0, 0.1) is 0 Å². The van der Waals surface area contributed by atoms with Gasteiger partial charge in [-0.2, -0.15) is 0 Å². The first kappa shape index (κ1) is 62.7. The smallest absolute Gasteiger partial charge is 0.306 e.